The van der Waals surface area contributed by atoms with Crippen molar-refractivity contribution < 1.29 is 14.3 Å². The highest BCUT2D eigenvalue weighted by Gasteiger charge is 2.23. The number of hydrogen-bond acceptors (Lipinski definition) is 9. The number of ether oxygens (including phenoxy) is 1. The molecule has 5 rings (SSSR count). The molecule has 0 atom stereocenters. The first kappa shape index (κ1) is 21.0. The van der Waals surface area contributed by atoms with Crippen LogP contribution in [0.1, 0.15) is 39.8 Å². The van der Waals surface area contributed by atoms with E-state index < -0.39 is 5.97 Å². The van der Waals surface area contributed by atoms with E-state index in [1.54, 1.807) is 29.1 Å². The van der Waals surface area contributed by atoms with E-state index >= 15 is 0 Å². The number of aromatic nitrogens is 3. The minimum atomic E-state index is -0.428. The number of nitrogens with one attached hydrogen (secondary N) is 1. The van der Waals surface area contributed by atoms with E-state index in [4.69, 9.17) is 4.74 Å². The van der Waals surface area contributed by atoms with Gasteiger partial charge in [0.1, 0.15) is 22.8 Å². The molecular formula is C22H18N4O3S3. The summed E-state index contributed by atoms with van der Waals surface area (Å²) in [4.78, 5) is 40.4. The first-order chi connectivity index (χ1) is 15.6. The molecule has 0 aliphatic heterocycles. The zero-order valence-electron chi connectivity index (χ0n) is 17.1. The summed E-state index contributed by atoms with van der Waals surface area (Å²) in [6.45, 7) is 1.45. The average molecular weight is 483 g/mol. The third-order valence-corrected chi connectivity index (χ3v) is 8.05. The van der Waals surface area contributed by atoms with Crippen LogP contribution in [0.2, 0.25) is 0 Å². The summed E-state index contributed by atoms with van der Waals surface area (Å²) < 4.78 is 5.51. The van der Waals surface area contributed by atoms with Crippen LogP contribution in [0.3, 0.4) is 0 Å². The lowest BCUT2D eigenvalue weighted by Gasteiger charge is -2.09. The third kappa shape index (κ3) is 4.25. The number of carbonyl (C=O) groups excluding carboxylic acids is 2. The number of rotatable bonds is 6. The number of thiophene rings is 1. The molecule has 0 saturated carbocycles. The summed E-state index contributed by atoms with van der Waals surface area (Å²) in [5.41, 5.74) is 2.42. The third-order valence-electron chi connectivity index (χ3n) is 4.97. The van der Waals surface area contributed by atoms with Gasteiger partial charge in [0, 0.05) is 27.5 Å². The van der Waals surface area contributed by atoms with Crippen molar-refractivity contribution in [2.24, 2.45) is 0 Å². The second-order valence-electron chi connectivity index (χ2n) is 7.22. The van der Waals surface area contributed by atoms with E-state index in [0.29, 0.717) is 16.4 Å². The molecule has 1 amide bonds. The van der Waals surface area contributed by atoms with Gasteiger partial charge < -0.3 is 10.1 Å². The fourth-order valence-electron chi connectivity index (χ4n) is 3.60. The Hall–Kier alpha value is -2.82. The molecule has 0 unspecified atom stereocenters. The second-order valence-corrected chi connectivity index (χ2v) is 10.2. The first-order valence-electron chi connectivity index (χ1n) is 9.99. The SMILES string of the molecule is CC(=O)Nc1nc(COC(=O)c2ccccc2Sc2ncnc3sc4c(c23)CCC4)cs1. The van der Waals surface area contributed by atoms with E-state index in [-0.39, 0.29) is 12.5 Å². The van der Waals surface area contributed by atoms with E-state index in [9.17, 15) is 9.59 Å². The van der Waals surface area contributed by atoms with Crippen LogP contribution in [-0.4, -0.2) is 26.8 Å². The number of amides is 1. The fraction of sp³-hybridized carbons (Fsp3) is 0.227. The summed E-state index contributed by atoms with van der Waals surface area (Å²) in [5, 5.41) is 6.85. The average Bonchev–Trinajstić information content (AvgIpc) is 3.48. The van der Waals surface area contributed by atoms with Gasteiger partial charge in [-0.05, 0) is 37.0 Å². The largest absolute Gasteiger partial charge is 0.456 e. The fourth-order valence-corrected chi connectivity index (χ4v) is 6.68. The monoisotopic (exact) mass is 482 g/mol. The van der Waals surface area contributed by atoms with E-state index in [1.807, 2.05) is 18.2 Å². The number of benzene rings is 1. The topological polar surface area (TPSA) is 94.1 Å². The van der Waals surface area contributed by atoms with Gasteiger partial charge in [-0.1, -0.05) is 23.9 Å². The van der Waals surface area contributed by atoms with Crippen molar-refractivity contribution in [3.63, 3.8) is 0 Å². The van der Waals surface area contributed by atoms with Crippen molar-refractivity contribution in [2.75, 3.05) is 5.32 Å². The van der Waals surface area contributed by atoms with Gasteiger partial charge in [0.05, 0.1) is 11.3 Å². The zero-order valence-corrected chi connectivity index (χ0v) is 19.5. The Labute approximate surface area is 196 Å². The molecule has 0 fully saturated rings. The molecule has 3 heterocycles. The molecular weight excluding hydrogens is 464 g/mol. The summed E-state index contributed by atoms with van der Waals surface area (Å²) in [5.74, 6) is -0.619. The molecule has 0 bridgehead atoms. The first-order valence-corrected chi connectivity index (χ1v) is 12.5. The van der Waals surface area contributed by atoms with Crippen LogP contribution in [0.25, 0.3) is 10.2 Å². The van der Waals surface area contributed by atoms with Crippen LogP contribution in [-0.2, 0) is 29.0 Å². The standard InChI is InChI=1S/C22H18N4O3S3/c1-12(27)25-22-26-13(10-30-22)9-29-21(28)15-5-2-3-7-17(15)32-20-18-14-6-4-8-16(14)31-19(18)23-11-24-20/h2-3,5,7,10-11H,4,6,8-9H2,1H3,(H,25,26,27). The molecule has 3 aromatic heterocycles. The predicted octanol–water partition coefficient (Wildman–Crippen LogP) is 5.10. The van der Waals surface area contributed by atoms with E-state index in [1.165, 1.54) is 46.9 Å². The number of thiazole rings is 1. The maximum Gasteiger partial charge on any atom is 0.339 e. The molecule has 4 aromatic rings. The van der Waals surface area contributed by atoms with Crippen molar-refractivity contribution >= 4 is 61.7 Å². The van der Waals surface area contributed by atoms with Gasteiger partial charge in [0.25, 0.3) is 0 Å². The van der Waals surface area contributed by atoms with Crippen molar-refractivity contribution in [2.45, 2.75) is 42.7 Å². The molecule has 0 radical (unpaired) electrons. The lowest BCUT2D eigenvalue weighted by Crippen LogP contribution is -2.08. The van der Waals surface area contributed by atoms with Gasteiger partial charge in [-0.3, -0.25) is 4.79 Å². The van der Waals surface area contributed by atoms with Crippen LogP contribution in [0.4, 0.5) is 5.13 Å². The molecule has 32 heavy (non-hydrogen) atoms. The predicted molar refractivity (Wildman–Crippen MR) is 126 cm³/mol. The highest BCUT2D eigenvalue weighted by molar-refractivity contribution is 7.99. The van der Waals surface area contributed by atoms with Crippen molar-refractivity contribution in [3.05, 3.63) is 57.7 Å². The van der Waals surface area contributed by atoms with E-state index in [2.05, 4.69) is 20.3 Å². The van der Waals surface area contributed by atoms with Crippen LogP contribution < -0.4 is 5.32 Å². The Kier molecular flexibility index (Phi) is 5.90. The number of carbonyl (C=O) groups is 2. The Morgan fingerprint density at radius 3 is 2.97 bits per heavy atom. The number of esters is 1. The number of aryl methyl sites for hydroxylation is 2. The molecule has 1 N–H and O–H groups in total. The van der Waals surface area contributed by atoms with Crippen LogP contribution in [0, 0.1) is 0 Å². The minimum Gasteiger partial charge on any atom is -0.456 e. The lowest BCUT2D eigenvalue weighted by atomic mass is 10.2. The van der Waals surface area contributed by atoms with Crippen LogP contribution in [0.15, 0.2) is 45.9 Å². The van der Waals surface area contributed by atoms with E-state index in [0.717, 1.165) is 33.0 Å². The van der Waals surface area contributed by atoms with Gasteiger partial charge in [-0.15, -0.1) is 22.7 Å². The second kappa shape index (κ2) is 8.97. The molecule has 162 valence electrons. The lowest BCUT2D eigenvalue weighted by molar-refractivity contribution is -0.114. The Balaban J connectivity index is 1.35. The maximum atomic E-state index is 12.9. The Bertz CT molecular complexity index is 1330. The van der Waals surface area contributed by atoms with Crippen molar-refractivity contribution in [3.8, 4) is 0 Å². The van der Waals surface area contributed by atoms with Gasteiger partial charge in [0.2, 0.25) is 5.91 Å². The molecule has 1 aromatic carbocycles. The number of anilines is 1. The van der Waals surface area contributed by atoms with Gasteiger partial charge in [-0.25, -0.2) is 19.7 Å². The highest BCUT2D eigenvalue weighted by atomic mass is 32.2. The molecule has 0 spiro atoms. The molecule has 10 heteroatoms. The molecule has 1 aliphatic carbocycles. The number of nitrogens with zero attached hydrogens (tertiary/aromatic N) is 3. The number of fused-ring (bicyclic) bond motifs is 3. The van der Waals surface area contributed by atoms with Gasteiger partial charge in [0.15, 0.2) is 5.13 Å². The van der Waals surface area contributed by atoms with Gasteiger partial charge in [-0.2, -0.15) is 0 Å². The number of hydrogen-bond donors (Lipinski definition) is 1. The summed E-state index contributed by atoms with van der Waals surface area (Å²) in [6, 6.07) is 7.37. The van der Waals surface area contributed by atoms with Crippen LogP contribution >= 0.6 is 34.4 Å². The normalized spacial score (nSPS) is 12.7. The Morgan fingerprint density at radius 1 is 1.22 bits per heavy atom. The zero-order chi connectivity index (χ0) is 22.1. The molecule has 1 aliphatic rings. The van der Waals surface area contributed by atoms with Crippen LogP contribution in [0.5, 0.6) is 0 Å². The smallest absolute Gasteiger partial charge is 0.339 e. The summed E-state index contributed by atoms with van der Waals surface area (Å²) in [6.07, 6.45) is 4.91. The summed E-state index contributed by atoms with van der Waals surface area (Å²) >= 11 is 4.50. The van der Waals surface area contributed by atoms with Gasteiger partial charge >= 0.3 is 5.97 Å². The maximum absolute atomic E-state index is 12.9. The summed E-state index contributed by atoms with van der Waals surface area (Å²) in [7, 11) is 0. The molecule has 7 nitrogen and oxygen atoms in total. The van der Waals surface area contributed by atoms with Crippen molar-refractivity contribution in [1.29, 1.82) is 0 Å². The quantitative estimate of drug-likeness (QED) is 0.302. The highest BCUT2D eigenvalue weighted by Crippen LogP contribution is 2.42. The minimum absolute atomic E-state index is 0.0315. The molecule has 0 saturated heterocycles. The van der Waals surface area contributed by atoms with Crippen molar-refractivity contribution in [1.82, 2.24) is 15.0 Å². The Morgan fingerprint density at radius 2 is 2.09 bits per heavy atom.